The number of carboxylic acids is 1. The lowest BCUT2D eigenvalue weighted by atomic mass is 10.1. The number of aryl methyl sites for hydroxylation is 1. The molecule has 0 unspecified atom stereocenters. The van der Waals surface area contributed by atoms with Crippen LogP contribution < -0.4 is 0 Å². The van der Waals surface area contributed by atoms with Gasteiger partial charge in [-0.15, -0.1) is 5.10 Å². The lowest BCUT2D eigenvalue weighted by Crippen LogP contribution is -2.03. The van der Waals surface area contributed by atoms with Crippen molar-refractivity contribution >= 4 is 5.97 Å². The van der Waals surface area contributed by atoms with E-state index in [2.05, 4.69) is 10.3 Å². The van der Waals surface area contributed by atoms with E-state index in [4.69, 9.17) is 0 Å². The number of rotatable bonds is 3. The Hall–Kier alpha value is -3.02. The number of benzene rings is 2. The molecule has 22 heavy (non-hydrogen) atoms. The van der Waals surface area contributed by atoms with Gasteiger partial charge in [-0.2, -0.15) is 0 Å². The molecule has 0 fully saturated rings. The Morgan fingerprint density at radius 1 is 1.09 bits per heavy atom. The van der Waals surface area contributed by atoms with Crippen molar-refractivity contribution < 1.29 is 14.3 Å². The lowest BCUT2D eigenvalue weighted by Gasteiger charge is -2.07. The molecule has 5 nitrogen and oxygen atoms in total. The second-order valence-electron chi connectivity index (χ2n) is 4.85. The molecule has 0 radical (unpaired) electrons. The smallest absolute Gasteiger partial charge is 0.358 e. The number of aromatic nitrogens is 3. The molecular weight excluding hydrogens is 285 g/mol. The van der Waals surface area contributed by atoms with Crippen LogP contribution in [0, 0.1) is 12.7 Å². The molecule has 2 aromatic carbocycles. The normalized spacial score (nSPS) is 10.6. The fourth-order valence-electron chi connectivity index (χ4n) is 2.16. The molecule has 0 amide bonds. The molecule has 0 aliphatic heterocycles. The Kier molecular flexibility index (Phi) is 3.42. The maximum Gasteiger partial charge on any atom is 0.358 e. The Balaban J connectivity index is 2.21. The molecule has 3 aromatic rings. The number of carbonyl (C=O) groups is 1. The first-order valence-electron chi connectivity index (χ1n) is 6.58. The van der Waals surface area contributed by atoms with Crippen molar-refractivity contribution in [1.29, 1.82) is 0 Å². The molecule has 1 aromatic heterocycles. The zero-order chi connectivity index (χ0) is 15.7. The van der Waals surface area contributed by atoms with E-state index in [0.717, 1.165) is 5.56 Å². The fourth-order valence-corrected chi connectivity index (χ4v) is 2.16. The minimum atomic E-state index is -1.18. The molecule has 0 spiro atoms. The van der Waals surface area contributed by atoms with Crippen LogP contribution in [-0.2, 0) is 0 Å². The van der Waals surface area contributed by atoms with Gasteiger partial charge in [-0.05, 0) is 43.3 Å². The highest BCUT2D eigenvalue weighted by atomic mass is 19.1. The molecule has 6 heteroatoms. The summed E-state index contributed by atoms with van der Waals surface area (Å²) in [7, 11) is 0. The van der Waals surface area contributed by atoms with Crippen molar-refractivity contribution in [2.45, 2.75) is 6.92 Å². The summed E-state index contributed by atoms with van der Waals surface area (Å²) in [6.07, 6.45) is 0. The zero-order valence-electron chi connectivity index (χ0n) is 11.7. The summed E-state index contributed by atoms with van der Waals surface area (Å²) >= 11 is 0. The quantitative estimate of drug-likeness (QED) is 0.806. The molecule has 1 N–H and O–H groups in total. The molecular formula is C16H12FN3O2. The Morgan fingerprint density at radius 2 is 1.73 bits per heavy atom. The zero-order valence-corrected chi connectivity index (χ0v) is 11.7. The highest BCUT2D eigenvalue weighted by Crippen LogP contribution is 2.25. The summed E-state index contributed by atoms with van der Waals surface area (Å²) in [5.74, 6) is -1.58. The van der Waals surface area contributed by atoms with Crippen molar-refractivity contribution in [2.75, 3.05) is 0 Å². The minimum absolute atomic E-state index is 0.174. The van der Waals surface area contributed by atoms with Crippen molar-refractivity contribution in [1.82, 2.24) is 15.0 Å². The molecule has 0 bridgehead atoms. The van der Waals surface area contributed by atoms with Gasteiger partial charge in [0.05, 0.1) is 5.69 Å². The van der Waals surface area contributed by atoms with Gasteiger partial charge in [-0.1, -0.05) is 22.9 Å². The Morgan fingerprint density at radius 3 is 2.32 bits per heavy atom. The predicted molar refractivity (Wildman–Crippen MR) is 78.4 cm³/mol. The van der Waals surface area contributed by atoms with Crippen LogP contribution in [0.1, 0.15) is 16.1 Å². The van der Waals surface area contributed by atoms with Gasteiger partial charge in [0.1, 0.15) is 11.5 Å². The number of hydrogen-bond donors (Lipinski definition) is 1. The van der Waals surface area contributed by atoms with E-state index in [-0.39, 0.29) is 5.69 Å². The first-order valence-corrected chi connectivity index (χ1v) is 6.58. The van der Waals surface area contributed by atoms with E-state index < -0.39 is 11.8 Å². The molecule has 0 saturated carbocycles. The van der Waals surface area contributed by atoms with Gasteiger partial charge in [0.25, 0.3) is 0 Å². The number of nitrogens with zero attached hydrogens (tertiary/aromatic N) is 3. The van der Waals surface area contributed by atoms with Gasteiger partial charge in [0, 0.05) is 5.56 Å². The summed E-state index contributed by atoms with van der Waals surface area (Å²) in [6.45, 7) is 1.95. The topological polar surface area (TPSA) is 68.0 Å². The third kappa shape index (κ3) is 2.46. The third-order valence-electron chi connectivity index (χ3n) is 3.27. The van der Waals surface area contributed by atoms with Crippen LogP contribution in [0.3, 0.4) is 0 Å². The van der Waals surface area contributed by atoms with Crippen LogP contribution in [0.2, 0.25) is 0 Å². The van der Waals surface area contributed by atoms with Gasteiger partial charge in [0.2, 0.25) is 0 Å². The summed E-state index contributed by atoms with van der Waals surface area (Å²) in [5, 5.41) is 17.0. The van der Waals surface area contributed by atoms with Crippen LogP contribution in [0.5, 0.6) is 0 Å². The maximum absolute atomic E-state index is 13.1. The third-order valence-corrected chi connectivity index (χ3v) is 3.27. The van der Waals surface area contributed by atoms with Crippen molar-refractivity contribution in [3.8, 4) is 16.9 Å². The molecule has 0 atom stereocenters. The van der Waals surface area contributed by atoms with E-state index in [1.54, 1.807) is 0 Å². The van der Waals surface area contributed by atoms with Gasteiger partial charge in [0.15, 0.2) is 5.69 Å². The Bertz CT molecular complexity index is 824. The first kappa shape index (κ1) is 13.9. The van der Waals surface area contributed by atoms with Crippen LogP contribution >= 0.6 is 0 Å². The van der Waals surface area contributed by atoms with Crippen molar-refractivity contribution in [2.24, 2.45) is 0 Å². The number of halogens is 1. The molecule has 1 heterocycles. The number of hydrogen-bond acceptors (Lipinski definition) is 3. The van der Waals surface area contributed by atoms with Crippen LogP contribution in [0.15, 0.2) is 48.5 Å². The Labute approximate surface area is 125 Å². The highest BCUT2D eigenvalue weighted by Gasteiger charge is 2.21. The van der Waals surface area contributed by atoms with Crippen LogP contribution in [0.4, 0.5) is 4.39 Å². The number of carboxylic acid groups (broad SMARTS) is 1. The average molecular weight is 297 g/mol. The maximum atomic E-state index is 13.1. The van der Waals surface area contributed by atoms with E-state index in [9.17, 15) is 14.3 Å². The molecule has 3 rings (SSSR count). The van der Waals surface area contributed by atoms with Crippen molar-refractivity contribution in [3.05, 3.63) is 65.6 Å². The van der Waals surface area contributed by atoms with Gasteiger partial charge >= 0.3 is 5.97 Å². The lowest BCUT2D eigenvalue weighted by molar-refractivity contribution is 0.0691. The molecule has 0 saturated heterocycles. The summed E-state index contributed by atoms with van der Waals surface area (Å²) in [4.78, 5) is 11.4. The second-order valence-corrected chi connectivity index (χ2v) is 4.85. The fraction of sp³-hybridized carbons (Fsp3) is 0.0625. The summed E-state index contributed by atoms with van der Waals surface area (Å²) in [6, 6.07) is 13.0. The van der Waals surface area contributed by atoms with Gasteiger partial charge in [-0.3, -0.25) is 0 Å². The largest absolute Gasteiger partial charge is 0.476 e. The summed E-state index contributed by atoms with van der Waals surface area (Å²) < 4.78 is 14.5. The van der Waals surface area contributed by atoms with E-state index >= 15 is 0 Å². The van der Waals surface area contributed by atoms with Gasteiger partial charge < -0.3 is 5.11 Å². The second kappa shape index (κ2) is 5.40. The first-order chi connectivity index (χ1) is 10.6. The monoisotopic (exact) mass is 297 g/mol. The van der Waals surface area contributed by atoms with Crippen molar-refractivity contribution in [3.63, 3.8) is 0 Å². The van der Waals surface area contributed by atoms with Crippen LogP contribution in [-0.4, -0.2) is 26.1 Å². The van der Waals surface area contributed by atoms with E-state index in [0.29, 0.717) is 16.9 Å². The van der Waals surface area contributed by atoms with Gasteiger partial charge in [-0.25, -0.2) is 13.9 Å². The minimum Gasteiger partial charge on any atom is -0.476 e. The standard InChI is InChI=1S/C16H12FN3O2/c1-10-2-8-13(9-3-10)20-15(14(16(21)22)18-19-20)11-4-6-12(17)7-5-11/h2-9H,1H3,(H,21,22). The average Bonchev–Trinajstić information content (AvgIpc) is 2.94. The van der Waals surface area contributed by atoms with E-state index in [1.807, 2.05) is 31.2 Å². The predicted octanol–water partition coefficient (Wildman–Crippen LogP) is 3.08. The summed E-state index contributed by atoms with van der Waals surface area (Å²) in [5.41, 5.74) is 2.43. The van der Waals surface area contributed by atoms with E-state index in [1.165, 1.54) is 28.9 Å². The molecule has 110 valence electrons. The highest BCUT2D eigenvalue weighted by molar-refractivity contribution is 5.93. The SMILES string of the molecule is Cc1ccc(-n2nnc(C(=O)O)c2-c2ccc(F)cc2)cc1. The molecule has 0 aliphatic rings. The molecule has 0 aliphatic carbocycles. The van der Waals surface area contributed by atoms with Crippen LogP contribution in [0.25, 0.3) is 16.9 Å². The number of aromatic carboxylic acids is 1.